The van der Waals surface area contributed by atoms with Crippen molar-refractivity contribution in [3.05, 3.63) is 52.3 Å². The van der Waals surface area contributed by atoms with Gasteiger partial charge in [0.2, 0.25) is 9.84 Å². The summed E-state index contributed by atoms with van der Waals surface area (Å²) in [4.78, 5) is -1.09. The molecule has 4 rings (SSSR count). The molecule has 2 aliphatic rings. The zero-order valence-corrected chi connectivity index (χ0v) is 16.2. The largest absolute Gasteiger partial charge is 0.382 e. The fourth-order valence-corrected chi connectivity index (χ4v) is 5.46. The zero-order chi connectivity index (χ0) is 22.0. The van der Waals surface area contributed by atoms with Crippen molar-refractivity contribution in [3.8, 4) is 0 Å². The van der Waals surface area contributed by atoms with E-state index >= 15 is 0 Å². The number of hydrogen-bond donors (Lipinski definition) is 1. The van der Waals surface area contributed by atoms with Gasteiger partial charge in [-0.1, -0.05) is 0 Å². The minimum atomic E-state index is -5.31. The predicted molar refractivity (Wildman–Crippen MR) is 93.3 cm³/mol. The highest BCUT2D eigenvalue weighted by Crippen LogP contribution is 2.48. The van der Waals surface area contributed by atoms with Crippen LogP contribution in [0.3, 0.4) is 0 Å². The first-order chi connectivity index (χ1) is 13.9. The van der Waals surface area contributed by atoms with Crippen LogP contribution in [-0.4, -0.2) is 29.8 Å². The van der Waals surface area contributed by atoms with E-state index in [1.165, 1.54) is 4.57 Å². The van der Waals surface area contributed by atoms with Crippen molar-refractivity contribution in [3.63, 3.8) is 0 Å². The van der Waals surface area contributed by atoms with Gasteiger partial charge in [-0.05, 0) is 37.3 Å². The van der Waals surface area contributed by atoms with Gasteiger partial charge in [-0.2, -0.15) is 8.78 Å². The van der Waals surface area contributed by atoms with Crippen molar-refractivity contribution in [1.29, 1.82) is 0 Å². The molecule has 1 aromatic carbocycles. The van der Waals surface area contributed by atoms with Crippen molar-refractivity contribution in [2.24, 2.45) is 0 Å². The molecule has 1 aromatic heterocycles. The maximum Gasteiger partial charge on any atom is 0.341 e. The predicted octanol–water partition coefficient (Wildman–Crippen LogP) is 4.30. The Morgan fingerprint density at radius 3 is 2.50 bits per heavy atom. The number of nitrogens with zero attached hydrogens (tertiary/aromatic N) is 1. The summed E-state index contributed by atoms with van der Waals surface area (Å²) in [5.41, 5.74) is -0.435. The number of aryl methyl sites for hydroxylation is 1. The van der Waals surface area contributed by atoms with Gasteiger partial charge in [0.05, 0.1) is 10.9 Å². The first-order valence-corrected chi connectivity index (χ1v) is 10.8. The topological polar surface area (TPSA) is 59.3 Å². The Kier molecular flexibility index (Phi) is 4.96. The standard InChI is InChI=1S/C19H17F6NO3S/c20-10-6-9-2-1-3-12(15(9)11(21)7-10)26-8-14(30(28,29)18(22)23)16-13(26)4-5-19(24,25)17(16)27/h6-8,12,17-18,27H,1-5H2/t12?,17-/m0/s1. The van der Waals surface area contributed by atoms with Crippen molar-refractivity contribution in [2.75, 3.05) is 0 Å². The molecule has 30 heavy (non-hydrogen) atoms. The molecule has 0 radical (unpaired) electrons. The van der Waals surface area contributed by atoms with Gasteiger partial charge in [0.15, 0.2) is 0 Å². The number of rotatable bonds is 3. The fourth-order valence-electron chi connectivity index (χ4n) is 4.47. The normalized spacial score (nSPS) is 23.3. The van der Waals surface area contributed by atoms with E-state index in [4.69, 9.17) is 0 Å². The molecule has 11 heteroatoms. The van der Waals surface area contributed by atoms with Crippen LogP contribution in [0.25, 0.3) is 0 Å². The summed E-state index contributed by atoms with van der Waals surface area (Å²) in [7, 11) is -5.31. The Balaban J connectivity index is 1.97. The van der Waals surface area contributed by atoms with Crippen LogP contribution < -0.4 is 0 Å². The van der Waals surface area contributed by atoms with E-state index < -0.39 is 68.6 Å². The van der Waals surface area contributed by atoms with E-state index in [0.717, 1.165) is 12.3 Å². The van der Waals surface area contributed by atoms with Crippen LogP contribution in [0.1, 0.15) is 53.8 Å². The molecular formula is C19H17F6NO3S. The molecule has 1 unspecified atom stereocenters. The molecule has 4 nitrogen and oxygen atoms in total. The summed E-state index contributed by atoms with van der Waals surface area (Å²) in [6.07, 6.45) is -1.96. The lowest BCUT2D eigenvalue weighted by Gasteiger charge is -2.33. The van der Waals surface area contributed by atoms with Gasteiger partial charge in [-0.3, -0.25) is 0 Å². The van der Waals surface area contributed by atoms with Crippen molar-refractivity contribution in [1.82, 2.24) is 4.57 Å². The molecule has 0 amide bonds. The highest BCUT2D eigenvalue weighted by atomic mass is 32.2. The van der Waals surface area contributed by atoms with Gasteiger partial charge in [-0.25, -0.2) is 26.0 Å². The monoisotopic (exact) mass is 453 g/mol. The van der Waals surface area contributed by atoms with E-state index in [-0.39, 0.29) is 17.7 Å². The molecule has 1 heterocycles. The lowest BCUT2D eigenvalue weighted by atomic mass is 9.86. The number of halogens is 6. The van der Waals surface area contributed by atoms with Crippen molar-refractivity contribution < 1.29 is 39.9 Å². The lowest BCUT2D eigenvalue weighted by molar-refractivity contribution is -0.123. The lowest BCUT2D eigenvalue weighted by Crippen LogP contribution is -2.33. The number of aliphatic hydroxyl groups is 1. The van der Waals surface area contributed by atoms with Gasteiger partial charge in [0, 0.05) is 35.5 Å². The molecule has 0 aliphatic heterocycles. The Hall–Kier alpha value is -2.01. The summed E-state index contributed by atoms with van der Waals surface area (Å²) in [5, 5.41) is 10.1. The maximum absolute atomic E-state index is 14.6. The minimum Gasteiger partial charge on any atom is -0.382 e. The number of fused-ring (bicyclic) bond motifs is 2. The number of aromatic nitrogens is 1. The van der Waals surface area contributed by atoms with Crippen LogP contribution in [0.2, 0.25) is 0 Å². The molecule has 0 fully saturated rings. The average Bonchev–Trinajstić information content (AvgIpc) is 3.04. The van der Waals surface area contributed by atoms with Gasteiger partial charge in [0.25, 0.3) is 5.92 Å². The number of aliphatic hydroxyl groups excluding tert-OH is 1. The first kappa shape index (κ1) is 21.2. The van der Waals surface area contributed by atoms with Gasteiger partial charge in [0.1, 0.15) is 17.7 Å². The number of sulfone groups is 1. The molecule has 0 saturated heterocycles. The first-order valence-electron chi connectivity index (χ1n) is 9.24. The van der Waals surface area contributed by atoms with E-state index in [1.54, 1.807) is 0 Å². The van der Waals surface area contributed by atoms with Crippen LogP contribution in [0.15, 0.2) is 23.2 Å². The van der Waals surface area contributed by atoms with Gasteiger partial charge < -0.3 is 9.67 Å². The highest BCUT2D eigenvalue weighted by Gasteiger charge is 2.49. The van der Waals surface area contributed by atoms with E-state index in [0.29, 0.717) is 24.5 Å². The molecule has 0 spiro atoms. The van der Waals surface area contributed by atoms with Crippen LogP contribution >= 0.6 is 0 Å². The van der Waals surface area contributed by atoms with Crippen LogP contribution in [0.5, 0.6) is 0 Å². The van der Waals surface area contributed by atoms with E-state index in [9.17, 15) is 39.9 Å². The molecule has 164 valence electrons. The fraction of sp³-hybridized carbons (Fsp3) is 0.474. The van der Waals surface area contributed by atoms with Crippen LogP contribution in [0, 0.1) is 11.6 Å². The molecule has 0 saturated carbocycles. The quantitative estimate of drug-likeness (QED) is 0.705. The van der Waals surface area contributed by atoms with Crippen LogP contribution in [-0.2, 0) is 22.7 Å². The Bertz CT molecular complexity index is 1110. The minimum absolute atomic E-state index is 0.0609. The molecule has 2 aromatic rings. The van der Waals surface area contributed by atoms with E-state index in [2.05, 4.69) is 0 Å². The SMILES string of the molecule is O=S(=O)(c1cn(C2CCCc3cc(F)cc(F)c32)c2c1[C@H](O)C(F)(F)CC2)C(F)F. The number of hydrogen-bond acceptors (Lipinski definition) is 3. The highest BCUT2D eigenvalue weighted by molar-refractivity contribution is 7.91. The second-order valence-corrected chi connectivity index (χ2v) is 9.48. The second kappa shape index (κ2) is 7.01. The molecule has 2 atom stereocenters. The third kappa shape index (κ3) is 3.13. The zero-order valence-electron chi connectivity index (χ0n) is 15.4. The van der Waals surface area contributed by atoms with Crippen molar-refractivity contribution >= 4 is 9.84 Å². The summed E-state index contributed by atoms with van der Waals surface area (Å²) in [6.45, 7) is 0. The average molecular weight is 453 g/mol. The summed E-state index contributed by atoms with van der Waals surface area (Å²) in [5.74, 6) is -9.27. The summed E-state index contributed by atoms with van der Waals surface area (Å²) < 4.78 is 108. The number of alkyl halides is 4. The smallest absolute Gasteiger partial charge is 0.341 e. The van der Waals surface area contributed by atoms with Gasteiger partial charge in [-0.15, -0.1) is 0 Å². The number of benzene rings is 1. The Morgan fingerprint density at radius 2 is 1.83 bits per heavy atom. The molecule has 2 aliphatic carbocycles. The third-order valence-electron chi connectivity index (χ3n) is 5.83. The summed E-state index contributed by atoms with van der Waals surface area (Å²) >= 11 is 0. The van der Waals surface area contributed by atoms with Crippen LogP contribution in [0.4, 0.5) is 26.3 Å². The summed E-state index contributed by atoms with van der Waals surface area (Å²) in [6, 6.07) is 0.899. The maximum atomic E-state index is 14.6. The molecular weight excluding hydrogens is 436 g/mol. The molecule has 1 N–H and O–H groups in total. The second-order valence-electron chi connectivity index (χ2n) is 7.60. The van der Waals surface area contributed by atoms with E-state index in [1.807, 2.05) is 0 Å². The van der Waals surface area contributed by atoms with Crippen molar-refractivity contribution in [2.45, 2.75) is 60.8 Å². The molecule has 0 bridgehead atoms. The Morgan fingerprint density at radius 1 is 1.13 bits per heavy atom. The third-order valence-corrected chi connectivity index (χ3v) is 7.23. The Labute approximate surface area is 168 Å². The van der Waals surface area contributed by atoms with Gasteiger partial charge >= 0.3 is 5.76 Å².